The summed E-state index contributed by atoms with van der Waals surface area (Å²) in [5, 5.41) is 15.8. The van der Waals surface area contributed by atoms with Crippen LogP contribution >= 0.6 is 0 Å². The van der Waals surface area contributed by atoms with Crippen LogP contribution in [0.2, 0.25) is 0 Å². The minimum atomic E-state index is -0.179. The molecule has 0 fully saturated rings. The number of para-hydroxylation sites is 1. The van der Waals surface area contributed by atoms with Gasteiger partial charge in [0.25, 0.3) is 0 Å². The number of nitriles is 1. The van der Waals surface area contributed by atoms with Gasteiger partial charge in [0.15, 0.2) is 0 Å². The zero-order valence-electron chi connectivity index (χ0n) is 16.9. The number of pyridine rings is 1. The van der Waals surface area contributed by atoms with E-state index in [9.17, 15) is 10.1 Å². The molecule has 0 bridgehead atoms. The van der Waals surface area contributed by atoms with Gasteiger partial charge in [0.2, 0.25) is 0 Å². The molecule has 0 aliphatic rings. The molecule has 3 rings (SSSR count). The first kappa shape index (κ1) is 21.8. The van der Waals surface area contributed by atoms with Gasteiger partial charge in [-0.15, -0.1) is 0 Å². The summed E-state index contributed by atoms with van der Waals surface area (Å²) in [5.41, 5.74) is 4.26. The van der Waals surface area contributed by atoms with Crippen molar-refractivity contribution in [1.82, 2.24) is 10.3 Å². The van der Waals surface area contributed by atoms with Gasteiger partial charge >= 0.3 is 148 Å². The maximum atomic E-state index is 12.5. The van der Waals surface area contributed by atoms with Crippen molar-refractivity contribution in [2.24, 2.45) is 0 Å². The second-order valence-electron chi connectivity index (χ2n) is 6.93. The molecule has 1 aromatic heterocycles. The van der Waals surface area contributed by atoms with E-state index in [-0.39, 0.29) is 5.91 Å². The number of benzene rings is 2. The number of aromatic nitrogens is 1. The summed E-state index contributed by atoms with van der Waals surface area (Å²) in [5.74, 6) is -0.179. The second kappa shape index (κ2) is 10.7. The Hall–Kier alpha value is -2.93. The standard InChI is InChI=1S/C24H23AsN4O/c1-2-3-12-27-15-17-13-20(14-26)23(28-16-17)18-8-10-19(11-9-18)24(30)29-22-7-5-4-6-21(22)25/h4-11,13,16,27H,2-3,12,15H2,1H3,(H,29,30). The molecule has 3 aromatic rings. The molecule has 0 atom stereocenters. The Morgan fingerprint density at radius 1 is 1.17 bits per heavy atom. The SMILES string of the molecule is CCCCNCc1cnc(-c2ccc(C(=O)Nc3ccccc3[As])cc2)c(C#N)c1. The fourth-order valence-corrected chi connectivity index (χ4v) is 3.46. The van der Waals surface area contributed by atoms with E-state index in [0.29, 0.717) is 23.4 Å². The van der Waals surface area contributed by atoms with Crippen LogP contribution < -0.4 is 15.0 Å². The van der Waals surface area contributed by atoms with E-state index in [0.717, 1.165) is 40.6 Å². The third-order valence-corrected chi connectivity index (χ3v) is 5.49. The van der Waals surface area contributed by atoms with Crippen LogP contribution in [0.25, 0.3) is 11.3 Å². The maximum absolute atomic E-state index is 12.5. The second-order valence-corrected chi connectivity index (χ2v) is 7.94. The Morgan fingerprint density at radius 3 is 2.63 bits per heavy atom. The van der Waals surface area contributed by atoms with Crippen LogP contribution in [0.15, 0.2) is 60.8 Å². The average Bonchev–Trinajstić information content (AvgIpc) is 2.78. The Labute approximate surface area is 186 Å². The molecule has 30 heavy (non-hydrogen) atoms. The van der Waals surface area contributed by atoms with Crippen molar-refractivity contribution in [3.8, 4) is 17.3 Å². The summed E-state index contributed by atoms with van der Waals surface area (Å²) in [6.07, 6.45) is 4.07. The van der Waals surface area contributed by atoms with Crippen molar-refractivity contribution in [3.05, 3.63) is 77.5 Å². The summed E-state index contributed by atoms with van der Waals surface area (Å²) < 4.78 is 0.946. The first-order chi connectivity index (χ1) is 14.6. The number of carbonyl (C=O) groups excluding carboxylic acids is 1. The zero-order chi connectivity index (χ0) is 21.3. The van der Waals surface area contributed by atoms with E-state index < -0.39 is 0 Å². The predicted octanol–water partition coefficient (Wildman–Crippen LogP) is 3.56. The number of anilines is 1. The molecule has 0 aliphatic heterocycles. The van der Waals surface area contributed by atoms with Gasteiger partial charge in [-0.25, -0.2) is 0 Å². The Kier molecular flexibility index (Phi) is 7.79. The van der Waals surface area contributed by atoms with Crippen molar-refractivity contribution in [2.45, 2.75) is 26.3 Å². The fourth-order valence-electron chi connectivity index (χ4n) is 3.01. The summed E-state index contributed by atoms with van der Waals surface area (Å²) in [6.45, 7) is 3.80. The molecule has 1 amide bonds. The average molecular weight is 458 g/mol. The fraction of sp³-hybridized carbons (Fsp3) is 0.208. The van der Waals surface area contributed by atoms with E-state index in [1.165, 1.54) is 0 Å². The molecule has 2 aromatic carbocycles. The topological polar surface area (TPSA) is 77.8 Å². The van der Waals surface area contributed by atoms with Crippen LogP contribution in [-0.4, -0.2) is 34.3 Å². The first-order valence-corrected chi connectivity index (χ1v) is 10.9. The van der Waals surface area contributed by atoms with Gasteiger partial charge in [0.05, 0.1) is 0 Å². The van der Waals surface area contributed by atoms with Crippen molar-refractivity contribution in [2.75, 3.05) is 11.9 Å². The van der Waals surface area contributed by atoms with E-state index >= 15 is 0 Å². The third-order valence-electron chi connectivity index (χ3n) is 4.67. The molecule has 1 heterocycles. The van der Waals surface area contributed by atoms with Crippen LogP contribution in [0, 0.1) is 11.3 Å². The van der Waals surface area contributed by atoms with Gasteiger partial charge in [-0.05, 0) is 13.0 Å². The zero-order valence-corrected chi connectivity index (χ0v) is 18.7. The number of rotatable bonds is 8. The minimum absolute atomic E-state index is 0.179. The van der Waals surface area contributed by atoms with Crippen molar-refractivity contribution in [1.29, 1.82) is 5.26 Å². The summed E-state index contributed by atoms with van der Waals surface area (Å²) in [4.78, 5) is 17.0. The Bertz CT molecular complexity index is 1060. The number of unbranched alkanes of at least 4 members (excludes halogenated alkanes) is 1. The van der Waals surface area contributed by atoms with Crippen LogP contribution in [0.4, 0.5) is 5.69 Å². The Balaban J connectivity index is 1.73. The number of hydrogen-bond acceptors (Lipinski definition) is 4. The van der Waals surface area contributed by atoms with Gasteiger partial charge in [-0.1, -0.05) is 13.3 Å². The van der Waals surface area contributed by atoms with E-state index in [1.54, 1.807) is 18.3 Å². The van der Waals surface area contributed by atoms with Gasteiger partial charge in [0, 0.05) is 6.54 Å². The summed E-state index contributed by atoms with van der Waals surface area (Å²) >= 11 is 2.45. The van der Waals surface area contributed by atoms with Gasteiger partial charge < -0.3 is 5.32 Å². The van der Waals surface area contributed by atoms with Crippen LogP contribution in [0.3, 0.4) is 0 Å². The van der Waals surface area contributed by atoms with Gasteiger partial charge in [-0.2, -0.15) is 0 Å². The third kappa shape index (κ3) is 5.57. The van der Waals surface area contributed by atoms with Crippen LogP contribution in [0.5, 0.6) is 0 Å². The van der Waals surface area contributed by atoms with E-state index in [4.69, 9.17) is 0 Å². The predicted molar refractivity (Wildman–Crippen MR) is 121 cm³/mol. The number of amides is 1. The number of carbonyl (C=O) groups is 1. The van der Waals surface area contributed by atoms with Crippen molar-refractivity contribution >= 4 is 32.8 Å². The Morgan fingerprint density at radius 2 is 1.93 bits per heavy atom. The molecule has 6 heteroatoms. The number of nitrogens with zero attached hydrogens (tertiary/aromatic N) is 2. The van der Waals surface area contributed by atoms with Crippen molar-refractivity contribution < 1.29 is 4.79 Å². The first-order valence-electron chi connectivity index (χ1n) is 9.92. The monoisotopic (exact) mass is 458 g/mol. The van der Waals surface area contributed by atoms with E-state index in [1.807, 2.05) is 42.5 Å². The van der Waals surface area contributed by atoms with Gasteiger partial charge in [-0.3, -0.25) is 0 Å². The molecule has 0 saturated heterocycles. The molecular weight excluding hydrogens is 435 g/mol. The molecule has 2 N–H and O–H groups in total. The molecule has 0 unspecified atom stereocenters. The van der Waals surface area contributed by atoms with Crippen molar-refractivity contribution in [3.63, 3.8) is 0 Å². The normalized spacial score (nSPS) is 10.4. The quantitative estimate of drug-likeness (QED) is 0.400. The van der Waals surface area contributed by atoms with Gasteiger partial charge in [0.1, 0.15) is 0 Å². The molecule has 0 aliphatic carbocycles. The molecule has 0 spiro atoms. The van der Waals surface area contributed by atoms with Crippen LogP contribution in [-0.2, 0) is 6.54 Å². The number of hydrogen-bond donors (Lipinski definition) is 2. The molecule has 5 nitrogen and oxygen atoms in total. The summed E-state index contributed by atoms with van der Waals surface area (Å²) in [7, 11) is 0. The molecule has 150 valence electrons. The molecule has 2 radical (unpaired) electrons. The van der Waals surface area contributed by atoms with E-state index in [2.05, 4.69) is 45.5 Å². The number of nitrogens with one attached hydrogen (secondary N) is 2. The molecule has 0 saturated carbocycles. The summed E-state index contributed by atoms with van der Waals surface area (Å²) in [6, 6.07) is 18.9. The van der Waals surface area contributed by atoms with Crippen LogP contribution in [0.1, 0.15) is 41.3 Å². The molecular formula is C24H23AsN4O.